The second kappa shape index (κ2) is 8.83. The smallest absolute Gasteiger partial charge is 0.339 e. The third-order valence-electron chi connectivity index (χ3n) is 5.69. The van der Waals surface area contributed by atoms with Gasteiger partial charge >= 0.3 is 5.97 Å². The van der Waals surface area contributed by atoms with Gasteiger partial charge in [0.1, 0.15) is 11.3 Å². The summed E-state index contributed by atoms with van der Waals surface area (Å²) in [7, 11) is 1.44. The van der Waals surface area contributed by atoms with E-state index < -0.39 is 5.97 Å². The average molecular weight is 425 g/mol. The predicted molar refractivity (Wildman–Crippen MR) is 116 cm³/mol. The first-order valence-corrected chi connectivity index (χ1v) is 10.9. The lowest BCUT2D eigenvalue weighted by Gasteiger charge is -2.29. The topological polar surface area (TPSA) is 88.5 Å². The number of rotatable bonds is 6. The number of hydrogen-bond acceptors (Lipinski definition) is 5. The number of fused-ring (bicyclic) bond motifs is 1. The number of carbonyl (C=O) groups is 2. The number of thiazole rings is 1. The molecule has 1 aliphatic carbocycles. The summed E-state index contributed by atoms with van der Waals surface area (Å²) in [4.78, 5) is 29.3. The maximum absolute atomic E-state index is 13.0. The molecule has 0 saturated heterocycles. The molecule has 2 atom stereocenters. The Bertz CT molecular complexity index is 1050. The van der Waals surface area contributed by atoms with Crippen molar-refractivity contribution in [3.63, 3.8) is 0 Å². The molecule has 2 aromatic carbocycles. The van der Waals surface area contributed by atoms with Gasteiger partial charge < -0.3 is 15.2 Å². The zero-order chi connectivity index (χ0) is 21.1. The summed E-state index contributed by atoms with van der Waals surface area (Å²) in [5, 5.41) is 13.4. The van der Waals surface area contributed by atoms with Crippen LogP contribution >= 0.6 is 11.3 Å². The molecule has 156 valence electrons. The number of aromatic carboxylic acids is 1. The number of aromatic nitrogens is 1. The fourth-order valence-corrected chi connectivity index (χ4v) is 5.31. The molecule has 30 heavy (non-hydrogen) atoms. The zero-order valence-electron chi connectivity index (χ0n) is 16.8. The lowest BCUT2D eigenvalue weighted by Crippen LogP contribution is -2.35. The summed E-state index contributed by atoms with van der Waals surface area (Å²) < 4.78 is 6.25. The van der Waals surface area contributed by atoms with Crippen molar-refractivity contribution in [1.82, 2.24) is 10.3 Å². The molecular weight excluding hydrogens is 400 g/mol. The van der Waals surface area contributed by atoms with Crippen LogP contribution in [0, 0.1) is 5.92 Å². The number of methoxy groups -OCH3 is 1. The van der Waals surface area contributed by atoms with Crippen LogP contribution in [0.4, 0.5) is 0 Å². The molecule has 2 N–H and O–H groups in total. The van der Waals surface area contributed by atoms with Crippen LogP contribution in [0.1, 0.15) is 52.5 Å². The maximum Gasteiger partial charge on any atom is 0.339 e. The van der Waals surface area contributed by atoms with Crippen LogP contribution < -0.4 is 10.1 Å². The lowest BCUT2D eigenvalue weighted by atomic mass is 9.79. The molecule has 0 unspecified atom stereocenters. The van der Waals surface area contributed by atoms with Crippen molar-refractivity contribution < 1.29 is 19.4 Å². The predicted octanol–water partition coefficient (Wildman–Crippen LogP) is 4.59. The Morgan fingerprint density at radius 3 is 2.77 bits per heavy atom. The molecule has 0 aliphatic heterocycles. The summed E-state index contributed by atoms with van der Waals surface area (Å²) in [5.41, 5.74) is 1.81. The highest BCUT2D eigenvalue weighted by Gasteiger charge is 2.34. The van der Waals surface area contributed by atoms with E-state index in [-0.39, 0.29) is 29.9 Å². The van der Waals surface area contributed by atoms with E-state index in [1.807, 2.05) is 18.2 Å². The molecule has 3 aromatic rings. The van der Waals surface area contributed by atoms with Gasteiger partial charge in [-0.05, 0) is 42.7 Å². The normalized spacial score (nSPS) is 18.8. The van der Waals surface area contributed by atoms with E-state index in [0.29, 0.717) is 5.75 Å². The van der Waals surface area contributed by atoms with Crippen molar-refractivity contribution in [2.45, 2.75) is 38.1 Å². The van der Waals surface area contributed by atoms with Crippen molar-refractivity contribution in [1.29, 1.82) is 0 Å². The van der Waals surface area contributed by atoms with Gasteiger partial charge in [-0.1, -0.05) is 31.0 Å². The van der Waals surface area contributed by atoms with Crippen LogP contribution in [0.2, 0.25) is 0 Å². The first kappa shape index (κ1) is 20.3. The molecule has 7 heteroatoms. The number of carboxylic acids is 1. The van der Waals surface area contributed by atoms with E-state index in [2.05, 4.69) is 11.4 Å². The van der Waals surface area contributed by atoms with Crippen LogP contribution in [0.15, 0.2) is 42.5 Å². The zero-order valence-corrected chi connectivity index (χ0v) is 17.6. The number of para-hydroxylation sites is 1. The van der Waals surface area contributed by atoms with Crippen LogP contribution in [0.3, 0.4) is 0 Å². The Hall–Kier alpha value is -2.93. The number of carboxylic acid groups (broad SMARTS) is 1. The minimum absolute atomic E-state index is 0.00616. The van der Waals surface area contributed by atoms with E-state index in [4.69, 9.17) is 9.72 Å². The molecule has 1 saturated carbocycles. The van der Waals surface area contributed by atoms with Crippen LogP contribution in [-0.2, 0) is 11.3 Å². The Kier molecular flexibility index (Phi) is 5.99. The monoisotopic (exact) mass is 424 g/mol. The molecule has 1 heterocycles. The number of benzene rings is 2. The van der Waals surface area contributed by atoms with Gasteiger partial charge in [0.25, 0.3) is 0 Å². The molecular formula is C23H24N2O4S. The van der Waals surface area contributed by atoms with Gasteiger partial charge in [-0.15, -0.1) is 11.3 Å². The van der Waals surface area contributed by atoms with Gasteiger partial charge in [0, 0.05) is 18.4 Å². The standard InChI is InChI=1S/C23H24N2O4S/c1-29-19-11-10-14(12-17(19)23(27)28)13-24-21(26)15-6-2-3-7-16(15)22-25-18-8-4-5-9-20(18)30-22/h4-5,8-12,15-16H,2-3,6-7,13H2,1H3,(H,24,26)(H,27,28)/t15-,16+/m0/s1. The highest BCUT2D eigenvalue weighted by molar-refractivity contribution is 7.18. The van der Waals surface area contributed by atoms with Crippen LogP contribution in [-0.4, -0.2) is 29.1 Å². The first-order chi connectivity index (χ1) is 14.6. The molecule has 0 bridgehead atoms. The number of nitrogens with zero attached hydrogens (tertiary/aromatic N) is 1. The van der Waals surface area contributed by atoms with Crippen LogP contribution in [0.25, 0.3) is 10.2 Å². The van der Waals surface area contributed by atoms with E-state index in [1.165, 1.54) is 7.11 Å². The number of ether oxygens (including phenoxy) is 1. The van der Waals surface area contributed by atoms with Crippen molar-refractivity contribution in [3.8, 4) is 5.75 Å². The van der Waals surface area contributed by atoms with E-state index in [9.17, 15) is 14.7 Å². The van der Waals surface area contributed by atoms with Crippen molar-refractivity contribution in [3.05, 3.63) is 58.6 Å². The number of hydrogen-bond donors (Lipinski definition) is 2. The number of amides is 1. The summed E-state index contributed by atoms with van der Waals surface area (Å²) in [6, 6.07) is 13.0. The molecule has 1 aromatic heterocycles. The maximum atomic E-state index is 13.0. The van der Waals surface area contributed by atoms with Gasteiger partial charge in [-0.25, -0.2) is 9.78 Å². The van der Waals surface area contributed by atoms with Gasteiger partial charge in [-0.3, -0.25) is 4.79 Å². The Balaban J connectivity index is 1.49. The second-order valence-corrected chi connectivity index (χ2v) is 8.64. The summed E-state index contributed by atoms with van der Waals surface area (Å²) in [5.74, 6) is -0.728. The Morgan fingerprint density at radius 1 is 1.20 bits per heavy atom. The van der Waals surface area contributed by atoms with E-state index in [0.717, 1.165) is 46.5 Å². The average Bonchev–Trinajstić information content (AvgIpc) is 3.21. The van der Waals surface area contributed by atoms with Gasteiger partial charge in [0.2, 0.25) is 5.91 Å². The van der Waals surface area contributed by atoms with Crippen molar-refractivity contribution in [2.24, 2.45) is 5.92 Å². The minimum Gasteiger partial charge on any atom is -0.496 e. The summed E-state index contributed by atoms with van der Waals surface area (Å²) in [6.07, 6.45) is 3.94. The Morgan fingerprint density at radius 2 is 2.00 bits per heavy atom. The van der Waals surface area contributed by atoms with Gasteiger partial charge in [0.15, 0.2) is 0 Å². The molecule has 0 radical (unpaired) electrons. The number of carbonyl (C=O) groups excluding carboxylic acids is 1. The molecule has 1 amide bonds. The summed E-state index contributed by atoms with van der Waals surface area (Å²) >= 11 is 1.68. The minimum atomic E-state index is -1.05. The quantitative estimate of drug-likeness (QED) is 0.604. The molecule has 0 spiro atoms. The van der Waals surface area contributed by atoms with E-state index >= 15 is 0 Å². The second-order valence-electron chi connectivity index (χ2n) is 7.57. The highest BCUT2D eigenvalue weighted by atomic mass is 32.1. The van der Waals surface area contributed by atoms with Crippen LogP contribution in [0.5, 0.6) is 5.75 Å². The highest BCUT2D eigenvalue weighted by Crippen LogP contribution is 2.41. The van der Waals surface area contributed by atoms with Gasteiger partial charge in [-0.2, -0.15) is 0 Å². The third kappa shape index (κ3) is 4.16. The molecule has 4 rings (SSSR count). The fraction of sp³-hybridized carbons (Fsp3) is 0.348. The fourth-order valence-electron chi connectivity index (χ4n) is 4.14. The number of nitrogens with one attached hydrogen (secondary N) is 1. The SMILES string of the molecule is COc1ccc(CNC(=O)[C@H]2CCCC[C@H]2c2nc3ccccc3s2)cc1C(=O)O. The lowest BCUT2D eigenvalue weighted by molar-refractivity contribution is -0.126. The largest absolute Gasteiger partial charge is 0.496 e. The van der Waals surface area contributed by atoms with Crippen molar-refractivity contribution in [2.75, 3.05) is 7.11 Å². The third-order valence-corrected chi connectivity index (χ3v) is 6.86. The van der Waals surface area contributed by atoms with Gasteiger partial charge in [0.05, 0.1) is 22.3 Å². The van der Waals surface area contributed by atoms with Crippen molar-refractivity contribution >= 4 is 33.4 Å². The molecule has 1 fully saturated rings. The summed E-state index contributed by atoms with van der Waals surface area (Å²) in [6.45, 7) is 0.284. The molecule has 1 aliphatic rings. The first-order valence-electron chi connectivity index (χ1n) is 10.1. The Labute approximate surface area is 178 Å². The molecule has 6 nitrogen and oxygen atoms in total. The van der Waals surface area contributed by atoms with E-state index in [1.54, 1.807) is 29.5 Å².